The van der Waals surface area contributed by atoms with Gasteiger partial charge in [-0.1, -0.05) is 0 Å². The molecule has 0 saturated carbocycles. The molecule has 0 aliphatic carbocycles. The smallest absolute Gasteiger partial charge is 0.151 e. The molecule has 7 heteroatoms. The van der Waals surface area contributed by atoms with Crippen LogP contribution in [-0.2, 0) is 0 Å². The average Bonchev–Trinajstić information content (AvgIpc) is 2.94. The van der Waals surface area contributed by atoms with E-state index in [4.69, 9.17) is 0 Å². The number of halogens is 1. The second-order valence-electron chi connectivity index (χ2n) is 5.99. The topological polar surface area (TPSA) is 77.7 Å². The normalized spacial score (nSPS) is 20.0. The van der Waals surface area contributed by atoms with Crippen molar-refractivity contribution >= 4 is 11.5 Å². The molecule has 2 aromatic rings. The fraction of sp³-hybridized carbons (Fsp3) is 0.412. The Balaban J connectivity index is 1.78. The van der Waals surface area contributed by atoms with E-state index in [2.05, 4.69) is 26.6 Å². The maximum Gasteiger partial charge on any atom is 0.151 e. The predicted octanol–water partition coefficient (Wildman–Crippen LogP) is 2.39. The Bertz CT molecular complexity index is 758. The zero-order valence-electron chi connectivity index (χ0n) is 13.7. The molecule has 3 rings (SSSR count). The van der Waals surface area contributed by atoms with Gasteiger partial charge in [0.05, 0.1) is 29.5 Å². The highest BCUT2D eigenvalue weighted by molar-refractivity contribution is 5.60. The van der Waals surface area contributed by atoms with Crippen molar-refractivity contribution in [1.29, 1.82) is 5.26 Å². The highest BCUT2D eigenvalue weighted by Crippen LogP contribution is 2.26. The quantitative estimate of drug-likeness (QED) is 0.929. The summed E-state index contributed by atoms with van der Waals surface area (Å²) >= 11 is 0. The summed E-state index contributed by atoms with van der Waals surface area (Å²) in [6.45, 7) is 4.53. The number of pyridine rings is 1. The van der Waals surface area contributed by atoms with Crippen LogP contribution in [0.1, 0.15) is 23.4 Å². The Labute approximate surface area is 140 Å². The summed E-state index contributed by atoms with van der Waals surface area (Å²) in [5, 5.41) is 20.6. The van der Waals surface area contributed by atoms with E-state index in [0.29, 0.717) is 36.6 Å². The lowest BCUT2D eigenvalue weighted by atomic mass is 10.1. The molecule has 6 nitrogen and oxygen atoms in total. The largest absolute Gasteiger partial charge is 0.382 e. The maximum atomic E-state index is 13.9. The third-order valence-electron chi connectivity index (χ3n) is 4.18. The van der Waals surface area contributed by atoms with Crippen LogP contribution < -0.4 is 10.2 Å². The van der Waals surface area contributed by atoms with Gasteiger partial charge in [-0.15, -0.1) is 5.10 Å². The van der Waals surface area contributed by atoms with E-state index in [9.17, 15) is 9.65 Å². The second kappa shape index (κ2) is 6.79. The first-order valence-electron chi connectivity index (χ1n) is 7.89. The second-order valence-corrected chi connectivity index (χ2v) is 5.99. The number of hydrogen-bond donors (Lipinski definition) is 1. The van der Waals surface area contributed by atoms with Gasteiger partial charge >= 0.3 is 0 Å². The van der Waals surface area contributed by atoms with Crippen molar-refractivity contribution in [3.63, 3.8) is 0 Å². The van der Waals surface area contributed by atoms with Gasteiger partial charge in [-0.3, -0.25) is 4.98 Å². The summed E-state index contributed by atoms with van der Waals surface area (Å²) in [5.41, 5.74) is 2.81. The van der Waals surface area contributed by atoms with Gasteiger partial charge in [0, 0.05) is 24.9 Å². The van der Waals surface area contributed by atoms with Gasteiger partial charge in [0.15, 0.2) is 5.82 Å². The summed E-state index contributed by atoms with van der Waals surface area (Å²) in [6, 6.07) is 7.61. The number of nitrogens with zero attached hydrogens (tertiary/aromatic N) is 5. The van der Waals surface area contributed by atoms with Crippen molar-refractivity contribution < 1.29 is 4.39 Å². The van der Waals surface area contributed by atoms with Gasteiger partial charge in [-0.2, -0.15) is 10.4 Å². The molecular formula is C17H19FN6. The fourth-order valence-corrected chi connectivity index (χ4v) is 3.12. The van der Waals surface area contributed by atoms with Crippen LogP contribution in [0, 0.1) is 25.2 Å². The molecule has 1 aliphatic rings. The van der Waals surface area contributed by atoms with Crippen molar-refractivity contribution in [2.75, 3.05) is 23.3 Å². The van der Waals surface area contributed by atoms with Crippen LogP contribution in [-0.4, -0.2) is 40.5 Å². The molecule has 1 saturated heterocycles. The van der Waals surface area contributed by atoms with E-state index >= 15 is 0 Å². The molecule has 0 radical (unpaired) electrons. The van der Waals surface area contributed by atoms with E-state index in [1.165, 1.54) is 0 Å². The average molecular weight is 326 g/mol. The number of alkyl halides is 1. The molecule has 2 aromatic heterocycles. The van der Waals surface area contributed by atoms with Crippen LogP contribution in [0.2, 0.25) is 0 Å². The van der Waals surface area contributed by atoms with Crippen molar-refractivity contribution in [3.05, 3.63) is 41.3 Å². The van der Waals surface area contributed by atoms with E-state index in [1.54, 1.807) is 12.3 Å². The molecule has 3 heterocycles. The Kier molecular flexibility index (Phi) is 4.56. The first kappa shape index (κ1) is 16.1. The van der Waals surface area contributed by atoms with Crippen LogP contribution >= 0.6 is 0 Å². The molecule has 0 aromatic carbocycles. The summed E-state index contributed by atoms with van der Waals surface area (Å²) in [6.07, 6.45) is 1.13. The molecule has 24 heavy (non-hydrogen) atoms. The van der Waals surface area contributed by atoms with Gasteiger partial charge in [0.2, 0.25) is 0 Å². The van der Waals surface area contributed by atoms with Gasteiger partial charge in [0.25, 0.3) is 0 Å². The summed E-state index contributed by atoms with van der Waals surface area (Å²) in [7, 11) is 0. The molecule has 124 valence electrons. The highest BCUT2D eigenvalue weighted by atomic mass is 19.1. The number of rotatable bonds is 4. The van der Waals surface area contributed by atoms with Crippen molar-refractivity contribution in [3.8, 4) is 6.07 Å². The molecule has 1 N–H and O–H groups in total. The molecule has 0 spiro atoms. The lowest BCUT2D eigenvalue weighted by molar-refractivity contribution is 0.357. The molecular weight excluding hydrogens is 307 g/mol. The van der Waals surface area contributed by atoms with Gasteiger partial charge in [0.1, 0.15) is 12.2 Å². The van der Waals surface area contributed by atoms with E-state index in [0.717, 1.165) is 11.4 Å². The standard InChI is InChI=1S/C17H19FN6/c1-11-6-16(15(8-19)12(2)22-11)20-9-14-7-13(18)10-24(14)17-4-3-5-21-23-17/h3-6,13-14H,7,9-10H2,1-2H3,(H,20,22)/t13-,14-/m0/s1. The Morgan fingerprint density at radius 3 is 3.00 bits per heavy atom. The Morgan fingerprint density at radius 1 is 1.46 bits per heavy atom. The van der Waals surface area contributed by atoms with E-state index in [-0.39, 0.29) is 6.04 Å². The molecule has 0 bridgehead atoms. The predicted molar refractivity (Wildman–Crippen MR) is 89.6 cm³/mol. The first-order chi connectivity index (χ1) is 11.6. The first-order valence-corrected chi connectivity index (χ1v) is 7.89. The summed E-state index contributed by atoms with van der Waals surface area (Å²) < 4.78 is 13.9. The van der Waals surface area contributed by atoms with Crippen molar-refractivity contribution in [2.24, 2.45) is 0 Å². The Morgan fingerprint density at radius 2 is 2.29 bits per heavy atom. The van der Waals surface area contributed by atoms with Gasteiger partial charge < -0.3 is 10.2 Å². The minimum atomic E-state index is -0.893. The number of aryl methyl sites for hydroxylation is 2. The van der Waals surface area contributed by atoms with E-state index in [1.807, 2.05) is 30.9 Å². The fourth-order valence-electron chi connectivity index (χ4n) is 3.12. The lowest BCUT2D eigenvalue weighted by Gasteiger charge is -2.25. The minimum absolute atomic E-state index is 0.0444. The van der Waals surface area contributed by atoms with Crippen LogP contribution in [0.5, 0.6) is 0 Å². The van der Waals surface area contributed by atoms with Crippen molar-refractivity contribution in [1.82, 2.24) is 15.2 Å². The summed E-state index contributed by atoms with van der Waals surface area (Å²) in [4.78, 5) is 6.24. The number of anilines is 2. The zero-order valence-corrected chi connectivity index (χ0v) is 13.7. The number of nitriles is 1. The van der Waals surface area contributed by atoms with Crippen LogP contribution in [0.15, 0.2) is 24.4 Å². The maximum absolute atomic E-state index is 13.9. The van der Waals surface area contributed by atoms with E-state index < -0.39 is 6.17 Å². The van der Waals surface area contributed by atoms with Crippen molar-refractivity contribution in [2.45, 2.75) is 32.5 Å². The summed E-state index contributed by atoms with van der Waals surface area (Å²) in [5.74, 6) is 0.673. The lowest BCUT2D eigenvalue weighted by Crippen LogP contribution is -2.35. The van der Waals surface area contributed by atoms with Crippen LogP contribution in [0.4, 0.5) is 15.9 Å². The molecule has 1 aliphatic heterocycles. The third-order valence-corrected chi connectivity index (χ3v) is 4.18. The Hall–Kier alpha value is -2.75. The van der Waals surface area contributed by atoms with Crippen LogP contribution in [0.25, 0.3) is 0 Å². The monoisotopic (exact) mass is 326 g/mol. The minimum Gasteiger partial charge on any atom is -0.382 e. The molecule has 1 fully saturated rings. The SMILES string of the molecule is Cc1cc(NC[C@@H]2C[C@H](F)CN2c2cccnn2)c(C#N)c(C)n1. The number of aromatic nitrogens is 3. The zero-order chi connectivity index (χ0) is 17.1. The number of hydrogen-bond acceptors (Lipinski definition) is 6. The van der Waals surface area contributed by atoms with Crippen LogP contribution in [0.3, 0.4) is 0 Å². The highest BCUT2D eigenvalue weighted by Gasteiger charge is 2.33. The van der Waals surface area contributed by atoms with Gasteiger partial charge in [-0.05, 0) is 32.0 Å². The third kappa shape index (κ3) is 3.27. The molecule has 0 unspecified atom stereocenters. The number of nitrogens with one attached hydrogen (secondary N) is 1. The molecule has 2 atom stereocenters. The van der Waals surface area contributed by atoms with Gasteiger partial charge in [-0.25, -0.2) is 4.39 Å². The molecule has 0 amide bonds.